The smallest absolute Gasteiger partial charge is 0.308 e. The molecule has 9 nitrogen and oxygen atoms in total. The molecule has 156 valence electrons. The van der Waals surface area contributed by atoms with Gasteiger partial charge in [-0.1, -0.05) is 23.9 Å². The Morgan fingerprint density at radius 1 is 1.20 bits per heavy atom. The number of thioether (sulfide) groups is 1. The monoisotopic (exact) mass is 429 g/mol. The second kappa shape index (κ2) is 9.79. The first-order valence-electron chi connectivity index (χ1n) is 8.75. The molecule has 0 atom stereocenters. The van der Waals surface area contributed by atoms with Gasteiger partial charge in [-0.2, -0.15) is 5.10 Å². The zero-order chi connectivity index (χ0) is 21.5. The molecule has 2 aromatic carbocycles. The summed E-state index contributed by atoms with van der Waals surface area (Å²) >= 11 is 1.17. The number of amides is 1. The van der Waals surface area contributed by atoms with Crippen LogP contribution >= 0.6 is 11.8 Å². The highest BCUT2D eigenvalue weighted by Gasteiger charge is 2.15. The van der Waals surface area contributed by atoms with Crippen molar-refractivity contribution in [2.45, 2.75) is 12.1 Å². The first-order chi connectivity index (χ1) is 14.5. The van der Waals surface area contributed by atoms with Crippen LogP contribution in [0.25, 0.3) is 11.1 Å². The third kappa shape index (κ3) is 5.29. The molecule has 3 aromatic rings. The molecule has 0 aliphatic rings. The molecule has 10 heteroatoms. The number of fused-ring (bicyclic) bond motifs is 1. The molecular formula is C20H19N3O6S. The van der Waals surface area contributed by atoms with E-state index in [4.69, 9.17) is 18.6 Å². The number of ether oxygens (including phenoxy) is 3. The van der Waals surface area contributed by atoms with E-state index in [2.05, 4.69) is 15.5 Å². The number of oxazole rings is 1. The van der Waals surface area contributed by atoms with E-state index in [1.165, 1.54) is 39.1 Å². The van der Waals surface area contributed by atoms with Gasteiger partial charge in [0.2, 0.25) is 5.75 Å². The van der Waals surface area contributed by atoms with Gasteiger partial charge in [-0.05, 0) is 24.3 Å². The van der Waals surface area contributed by atoms with Gasteiger partial charge in [0.25, 0.3) is 11.1 Å². The summed E-state index contributed by atoms with van der Waals surface area (Å²) in [5.41, 5.74) is 4.41. The lowest BCUT2D eigenvalue weighted by atomic mass is 10.2. The number of aromatic nitrogens is 1. The van der Waals surface area contributed by atoms with Crippen LogP contribution in [0.3, 0.4) is 0 Å². The lowest BCUT2D eigenvalue weighted by molar-refractivity contribution is -0.132. The van der Waals surface area contributed by atoms with Crippen LogP contribution in [0.2, 0.25) is 0 Å². The number of esters is 1. The molecule has 0 saturated carbocycles. The number of nitrogens with zero attached hydrogens (tertiary/aromatic N) is 2. The zero-order valence-corrected chi connectivity index (χ0v) is 17.3. The van der Waals surface area contributed by atoms with Gasteiger partial charge in [0.15, 0.2) is 17.1 Å². The average molecular weight is 429 g/mol. The third-order valence-corrected chi connectivity index (χ3v) is 4.56. The van der Waals surface area contributed by atoms with E-state index in [0.29, 0.717) is 27.9 Å². The second-order valence-electron chi connectivity index (χ2n) is 5.88. The number of nitrogens with one attached hydrogen (secondary N) is 1. The van der Waals surface area contributed by atoms with E-state index in [1.807, 2.05) is 24.3 Å². The molecule has 3 rings (SSSR count). The van der Waals surface area contributed by atoms with Crippen LogP contribution in [0, 0.1) is 0 Å². The van der Waals surface area contributed by atoms with Crippen molar-refractivity contribution in [3.05, 3.63) is 42.0 Å². The molecule has 0 radical (unpaired) electrons. The number of methoxy groups -OCH3 is 2. The minimum absolute atomic E-state index is 0.0855. The van der Waals surface area contributed by atoms with Crippen LogP contribution in [0.15, 0.2) is 51.1 Å². The van der Waals surface area contributed by atoms with Gasteiger partial charge >= 0.3 is 5.97 Å². The van der Waals surface area contributed by atoms with Gasteiger partial charge in [-0.15, -0.1) is 0 Å². The highest BCUT2D eigenvalue weighted by molar-refractivity contribution is 7.99. The molecule has 1 aromatic heterocycles. The van der Waals surface area contributed by atoms with E-state index in [1.54, 1.807) is 12.1 Å². The predicted octanol–water partition coefficient (Wildman–Crippen LogP) is 3.01. The van der Waals surface area contributed by atoms with Crippen LogP contribution in [0.1, 0.15) is 12.5 Å². The number of rotatable bonds is 8. The highest BCUT2D eigenvalue weighted by atomic mass is 32.2. The third-order valence-electron chi connectivity index (χ3n) is 3.73. The van der Waals surface area contributed by atoms with Crippen molar-refractivity contribution in [3.63, 3.8) is 0 Å². The van der Waals surface area contributed by atoms with Gasteiger partial charge in [0.1, 0.15) is 5.52 Å². The maximum Gasteiger partial charge on any atom is 0.308 e. The van der Waals surface area contributed by atoms with Gasteiger partial charge < -0.3 is 18.6 Å². The summed E-state index contributed by atoms with van der Waals surface area (Å²) < 4.78 is 21.2. The lowest BCUT2D eigenvalue weighted by Crippen LogP contribution is -2.19. The highest BCUT2D eigenvalue weighted by Crippen LogP contribution is 2.38. The fourth-order valence-corrected chi connectivity index (χ4v) is 3.10. The number of hydrazone groups is 1. The van der Waals surface area contributed by atoms with E-state index in [9.17, 15) is 9.59 Å². The molecule has 1 amide bonds. The summed E-state index contributed by atoms with van der Waals surface area (Å²) in [7, 11) is 2.88. The van der Waals surface area contributed by atoms with Gasteiger partial charge in [0.05, 0.1) is 26.2 Å². The Labute approximate surface area is 176 Å². The summed E-state index contributed by atoms with van der Waals surface area (Å²) in [6.07, 6.45) is 1.42. The van der Waals surface area contributed by atoms with Crippen LogP contribution in [-0.4, -0.2) is 43.0 Å². The summed E-state index contributed by atoms with van der Waals surface area (Å²) in [6.45, 7) is 1.28. The maximum atomic E-state index is 12.0. The summed E-state index contributed by atoms with van der Waals surface area (Å²) in [5, 5.41) is 4.34. The van der Waals surface area contributed by atoms with Crippen molar-refractivity contribution < 1.29 is 28.2 Å². The SMILES string of the molecule is COc1cc(/C=N/NC(=O)CSc2nc3ccccc3o2)cc(OC)c1OC(C)=O. The Balaban J connectivity index is 1.61. The van der Waals surface area contributed by atoms with Crippen LogP contribution in [0.5, 0.6) is 17.2 Å². The minimum atomic E-state index is -0.503. The van der Waals surface area contributed by atoms with E-state index in [-0.39, 0.29) is 17.4 Å². The van der Waals surface area contributed by atoms with E-state index < -0.39 is 5.97 Å². The molecular weight excluding hydrogens is 410 g/mol. The zero-order valence-electron chi connectivity index (χ0n) is 16.5. The standard InChI is InChI=1S/C20H19N3O6S/c1-12(24)28-19-16(26-2)8-13(9-17(19)27-3)10-21-23-18(25)11-30-20-22-14-6-4-5-7-15(14)29-20/h4-10H,11H2,1-3H3,(H,23,25)/b21-10+. The van der Waals surface area contributed by atoms with Gasteiger partial charge in [-0.25, -0.2) is 10.4 Å². The Bertz CT molecular complexity index is 1040. The number of benzene rings is 2. The number of carbonyl (C=O) groups excluding carboxylic acids is 2. The molecule has 0 saturated heterocycles. The van der Waals surface area contributed by atoms with E-state index >= 15 is 0 Å². The molecule has 0 spiro atoms. The number of para-hydroxylation sites is 2. The number of carbonyl (C=O) groups is 2. The van der Waals surface area contributed by atoms with Crippen LogP contribution in [-0.2, 0) is 9.59 Å². The van der Waals surface area contributed by atoms with Crippen molar-refractivity contribution >= 4 is 41.0 Å². The quantitative estimate of drug-likeness (QED) is 0.191. The van der Waals surface area contributed by atoms with Gasteiger partial charge in [-0.3, -0.25) is 9.59 Å². The van der Waals surface area contributed by atoms with Crippen molar-refractivity contribution in [3.8, 4) is 17.2 Å². The summed E-state index contributed by atoms with van der Waals surface area (Å²) in [5.74, 6) is 0.0177. The van der Waals surface area contributed by atoms with Crippen molar-refractivity contribution in [1.29, 1.82) is 0 Å². The minimum Gasteiger partial charge on any atom is -0.493 e. The van der Waals surface area contributed by atoms with E-state index in [0.717, 1.165) is 5.52 Å². The van der Waals surface area contributed by atoms with Crippen molar-refractivity contribution in [2.75, 3.05) is 20.0 Å². The normalized spacial score (nSPS) is 10.9. The van der Waals surface area contributed by atoms with Crippen molar-refractivity contribution in [1.82, 2.24) is 10.4 Å². The maximum absolute atomic E-state index is 12.0. The molecule has 30 heavy (non-hydrogen) atoms. The van der Waals surface area contributed by atoms with Crippen molar-refractivity contribution in [2.24, 2.45) is 5.10 Å². The fourth-order valence-electron chi connectivity index (χ4n) is 2.47. The Kier molecular flexibility index (Phi) is 6.91. The second-order valence-corrected chi connectivity index (χ2v) is 6.80. The Morgan fingerprint density at radius 2 is 1.90 bits per heavy atom. The first kappa shape index (κ1) is 21.2. The number of hydrogen-bond donors (Lipinski definition) is 1. The fraction of sp³-hybridized carbons (Fsp3) is 0.200. The van der Waals surface area contributed by atoms with Gasteiger partial charge in [0, 0.05) is 12.5 Å². The summed E-state index contributed by atoms with van der Waals surface area (Å²) in [4.78, 5) is 27.6. The molecule has 1 heterocycles. The summed E-state index contributed by atoms with van der Waals surface area (Å²) in [6, 6.07) is 10.6. The Hall–Kier alpha value is -3.53. The molecule has 0 fully saturated rings. The molecule has 1 N–H and O–H groups in total. The number of hydrogen-bond acceptors (Lipinski definition) is 9. The molecule has 0 aliphatic heterocycles. The average Bonchev–Trinajstić information content (AvgIpc) is 3.15. The topological polar surface area (TPSA) is 112 Å². The van der Waals surface area contributed by atoms with Crippen LogP contribution < -0.4 is 19.6 Å². The molecule has 0 aliphatic carbocycles. The first-order valence-corrected chi connectivity index (χ1v) is 9.73. The lowest BCUT2D eigenvalue weighted by Gasteiger charge is -2.13. The predicted molar refractivity (Wildman–Crippen MR) is 111 cm³/mol. The Morgan fingerprint density at radius 3 is 2.53 bits per heavy atom. The molecule has 0 bridgehead atoms. The molecule has 0 unspecified atom stereocenters. The van der Waals surface area contributed by atoms with Crippen LogP contribution in [0.4, 0.5) is 0 Å². The largest absolute Gasteiger partial charge is 0.493 e.